The lowest BCUT2D eigenvalue weighted by Crippen LogP contribution is -2.59. The van der Waals surface area contributed by atoms with E-state index >= 15 is 0 Å². The van der Waals surface area contributed by atoms with Crippen LogP contribution in [0.5, 0.6) is 5.75 Å². The molecule has 2 saturated carbocycles. The average Bonchev–Trinajstić information content (AvgIpc) is 3.56. The van der Waals surface area contributed by atoms with Gasteiger partial charge in [0, 0.05) is 32.7 Å². The molecule has 3 fully saturated rings. The molecule has 2 aromatic carbocycles. The van der Waals surface area contributed by atoms with E-state index in [9.17, 15) is 19.2 Å². The predicted molar refractivity (Wildman–Crippen MR) is 157 cm³/mol. The molecule has 1 unspecified atom stereocenters. The summed E-state index contributed by atoms with van der Waals surface area (Å²) in [6, 6.07) is 13.2. The third-order valence-corrected chi connectivity index (χ3v) is 8.58. The summed E-state index contributed by atoms with van der Waals surface area (Å²) in [5, 5.41) is 0.518. The van der Waals surface area contributed by atoms with E-state index in [-0.39, 0.29) is 12.7 Å². The molecule has 5 rings (SSSR count). The van der Waals surface area contributed by atoms with Crippen molar-refractivity contribution in [2.24, 2.45) is 11.8 Å². The first-order chi connectivity index (χ1) is 21.0. The second kappa shape index (κ2) is 13.6. The van der Waals surface area contributed by atoms with Gasteiger partial charge < -0.3 is 28.4 Å². The van der Waals surface area contributed by atoms with Gasteiger partial charge in [0.15, 0.2) is 18.3 Å². The summed E-state index contributed by atoms with van der Waals surface area (Å²) in [6.07, 6.45) is -1.31. The molecule has 236 valence electrons. The fourth-order valence-electron chi connectivity index (χ4n) is 6.26. The largest absolute Gasteiger partial charge is 0.490 e. The summed E-state index contributed by atoms with van der Waals surface area (Å²) >= 11 is 6.62. The monoisotopic (exact) mass is 628 g/mol. The number of carbonyl (C=O) groups is 4. The van der Waals surface area contributed by atoms with Gasteiger partial charge in [-0.05, 0) is 72.4 Å². The van der Waals surface area contributed by atoms with Gasteiger partial charge in [0.25, 0.3) is 0 Å². The van der Waals surface area contributed by atoms with E-state index in [4.69, 9.17) is 40.0 Å². The Morgan fingerprint density at radius 1 is 0.773 bits per heavy atom. The minimum Gasteiger partial charge on any atom is -0.490 e. The van der Waals surface area contributed by atoms with Gasteiger partial charge in [0.2, 0.25) is 0 Å². The number of fused-ring (bicyclic) bond motifs is 1. The second-order valence-electron chi connectivity index (χ2n) is 11.8. The Kier molecular flexibility index (Phi) is 9.80. The maximum atomic E-state index is 12.2. The Labute approximate surface area is 261 Å². The van der Waals surface area contributed by atoms with E-state index in [1.165, 1.54) is 34.1 Å². The van der Waals surface area contributed by atoms with Crippen molar-refractivity contribution in [1.82, 2.24) is 0 Å². The number of esters is 4. The average molecular weight is 629 g/mol. The molecule has 0 spiro atoms. The minimum atomic E-state index is -1.25. The van der Waals surface area contributed by atoms with E-state index in [1.54, 1.807) is 12.1 Å². The first-order valence-electron chi connectivity index (χ1n) is 14.8. The second-order valence-corrected chi connectivity index (χ2v) is 12.2. The number of halogens is 1. The summed E-state index contributed by atoms with van der Waals surface area (Å²) in [5.74, 6) is -0.0850. The number of rotatable bonds is 10. The number of carbonyl (C=O) groups excluding carboxylic acids is 4. The van der Waals surface area contributed by atoms with E-state index in [0.29, 0.717) is 17.0 Å². The van der Waals surface area contributed by atoms with Gasteiger partial charge in [-0.3, -0.25) is 19.2 Å². The van der Waals surface area contributed by atoms with Crippen LogP contribution in [0.3, 0.4) is 0 Å². The molecule has 8 atom stereocenters. The maximum absolute atomic E-state index is 12.2. The number of hydrogen-bond donors (Lipinski definition) is 0. The predicted octanol–water partition coefficient (Wildman–Crippen LogP) is 4.91. The molecule has 1 heterocycles. The van der Waals surface area contributed by atoms with Crippen LogP contribution in [0.2, 0.25) is 5.02 Å². The molecule has 0 amide bonds. The van der Waals surface area contributed by atoms with Crippen molar-refractivity contribution >= 4 is 35.5 Å². The smallest absolute Gasteiger partial charge is 0.303 e. The van der Waals surface area contributed by atoms with Gasteiger partial charge in [-0.25, -0.2) is 0 Å². The minimum absolute atomic E-state index is 0.289. The third kappa shape index (κ3) is 7.90. The zero-order valence-electron chi connectivity index (χ0n) is 25.2. The molecule has 0 N–H and O–H groups in total. The quantitative estimate of drug-likeness (QED) is 0.265. The van der Waals surface area contributed by atoms with Gasteiger partial charge in [0.05, 0.1) is 6.10 Å². The van der Waals surface area contributed by atoms with Crippen LogP contribution in [0, 0.1) is 11.8 Å². The number of benzene rings is 2. The lowest BCUT2D eigenvalue weighted by atomic mass is 9.89. The first kappa shape index (κ1) is 31.8. The molecule has 1 aliphatic heterocycles. The lowest BCUT2D eigenvalue weighted by Gasteiger charge is -2.44. The fraction of sp³-hybridized carbons (Fsp3) is 0.515. The van der Waals surface area contributed by atoms with E-state index in [1.807, 2.05) is 30.3 Å². The molecule has 0 radical (unpaired) electrons. The molecule has 3 aliphatic rings. The summed E-state index contributed by atoms with van der Waals surface area (Å²) in [4.78, 5) is 48.1. The number of ether oxygens (including phenoxy) is 6. The highest BCUT2D eigenvalue weighted by Crippen LogP contribution is 2.52. The maximum Gasteiger partial charge on any atom is 0.303 e. The molecule has 2 aromatic rings. The highest BCUT2D eigenvalue weighted by atomic mass is 35.5. The van der Waals surface area contributed by atoms with Gasteiger partial charge >= 0.3 is 23.9 Å². The van der Waals surface area contributed by atoms with Crippen molar-refractivity contribution in [3.05, 3.63) is 64.2 Å². The summed E-state index contributed by atoms with van der Waals surface area (Å²) in [6.45, 7) is 4.51. The van der Waals surface area contributed by atoms with Crippen molar-refractivity contribution in [3.8, 4) is 5.75 Å². The molecular weight excluding hydrogens is 592 g/mol. The van der Waals surface area contributed by atoms with Crippen LogP contribution in [-0.4, -0.2) is 61.0 Å². The highest BCUT2D eigenvalue weighted by Gasteiger charge is 2.52. The van der Waals surface area contributed by atoms with Crippen molar-refractivity contribution in [2.45, 2.75) is 90.0 Å². The molecule has 0 bridgehead atoms. The molecule has 44 heavy (non-hydrogen) atoms. The van der Waals surface area contributed by atoms with Crippen LogP contribution >= 0.6 is 11.6 Å². The van der Waals surface area contributed by atoms with E-state index < -0.39 is 54.4 Å². The Balaban J connectivity index is 1.41. The molecule has 10 nitrogen and oxygen atoms in total. The standard InChI is InChI=1S/C33H37ClO10/c1-17(35)39-16-29-31(40-18(2)36)33(42-20(4)38)32(41-19(3)37)30(44-29)22-7-10-28(34)25(12-22)11-21-5-8-26(9-6-21)43-27-14-23-13-24(23)15-27/h5-10,12,23-24,27,29-33H,11,13-16H2,1-4H3/t23-,24+,27?,29-,30+,31-,32+,33+/m1/s1. The molecule has 0 aromatic heterocycles. The van der Waals surface area contributed by atoms with E-state index in [2.05, 4.69) is 0 Å². The molecular formula is C33H37ClO10. The normalized spacial score (nSPS) is 28.8. The fourth-order valence-corrected chi connectivity index (χ4v) is 6.44. The van der Waals surface area contributed by atoms with Crippen LogP contribution in [0.4, 0.5) is 0 Å². The van der Waals surface area contributed by atoms with E-state index in [0.717, 1.165) is 41.6 Å². The van der Waals surface area contributed by atoms with Crippen molar-refractivity contribution in [1.29, 1.82) is 0 Å². The Morgan fingerprint density at radius 3 is 2.00 bits per heavy atom. The van der Waals surface area contributed by atoms with Gasteiger partial charge in [-0.2, -0.15) is 0 Å². The zero-order valence-corrected chi connectivity index (χ0v) is 25.9. The SMILES string of the molecule is CC(=O)OC[C@H]1O[C@@H](c2ccc(Cl)c(Cc3ccc(OC4C[C@@H]5C[C@@H]5C4)cc3)c2)[C@H](OC(C)=O)[C@@H](OC(C)=O)[C@@H]1OC(C)=O. The van der Waals surface area contributed by atoms with Gasteiger partial charge in [0.1, 0.15) is 24.6 Å². The molecule has 11 heteroatoms. The van der Waals surface area contributed by atoms with Crippen LogP contribution < -0.4 is 4.74 Å². The van der Waals surface area contributed by atoms with Crippen LogP contribution in [0.1, 0.15) is 69.8 Å². The first-order valence-corrected chi connectivity index (χ1v) is 15.2. The van der Waals surface area contributed by atoms with Gasteiger partial charge in [-0.1, -0.05) is 35.9 Å². The Hall–Kier alpha value is -3.63. The third-order valence-electron chi connectivity index (χ3n) is 8.21. The van der Waals surface area contributed by atoms with Crippen molar-refractivity contribution < 1.29 is 47.6 Å². The highest BCUT2D eigenvalue weighted by molar-refractivity contribution is 6.31. The summed E-state index contributed by atoms with van der Waals surface area (Å²) in [5.41, 5.74) is 2.36. The van der Waals surface area contributed by atoms with Crippen LogP contribution in [0.25, 0.3) is 0 Å². The number of hydrogen-bond acceptors (Lipinski definition) is 10. The molecule has 2 aliphatic carbocycles. The van der Waals surface area contributed by atoms with Crippen molar-refractivity contribution in [3.63, 3.8) is 0 Å². The Bertz CT molecular complexity index is 1380. The van der Waals surface area contributed by atoms with Gasteiger partial charge in [-0.15, -0.1) is 0 Å². The lowest BCUT2D eigenvalue weighted by molar-refractivity contribution is -0.254. The van der Waals surface area contributed by atoms with Crippen LogP contribution in [0.15, 0.2) is 42.5 Å². The summed E-state index contributed by atoms with van der Waals surface area (Å²) < 4.78 is 34.4. The van der Waals surface area contributed by atoms with Crippen molar-refractivity contribution in [2.75, 3.05) is 6.61 Å². The topological polar surface area (TPSA) is 124 Å². The summed E-state index contributed by atoms with van der Waals surface area (Å²) in [7, 11) is 0. The van der Waals surface area contributed by atoms with Crippen LogP contribution in [-0.2, 0) is 49.3 Å². The Morgan fingerprint density at radius 2 is 1.39 bits per heavy atom. The molecule has 1 saturated heterocycles. The zero-order chi connectivity index (χ0) is 31.5.